The summed E-state index contributed by atoms with van der Waals surface area (Å²) in [7, 11) is -1.77. The van der Waals surface area contributed by atoms with Gasteiger partial charge in [0.2, 0.25) is 0 Å². The maximum absolute atomic E-state index is 12.5. The smallest absolute Gasteiger partial charge is 0.182 e. The molecule has 0 aromatic heterocycles. The molecule has 2 aromatic rings. The second kappa shape index (κ2) is 5.67. The van der Waals surface area contributed by atoms with E-state index < -0.39 is 9.84 Å². The van der Waals surface area contributed by atoms with Gasteiger partial charge in [0.1, 0.15) is 5.75 Å². The van der Waals surface area contributed by atoms with Crippen molar-refractivity contribution in [2.24, 2.45) is 0 Å². The minimum atomic E-state index is -3.34. The van der Waals surface area contributed by atoms with Crippen LogP contribution in [-0.2, 0) is 15.6 Å². The molecule has 3 nitrogen and oxygen atoms in total. The van der Waals surface area contributed by atoms with Gasteiger partial charge in [-0.05, 0) is 43.2 Å². The van der Waals surface area contributed by atoms with Crippen LogP contribution in [0.3, 0.4) is 0 Å². The van der Waals surface area contributed by atoms with E-state index in [-0.39, 0.29) is 5.75 Å². The molecule has 2 aromatic carbocycles. The quantitative estimate of drug-likeness (QED) is 0.868. The Labute approximate surface area is 120 Å². The lowest BCUT2D eigenvalue weighted by Gasteiger charge is -2.09. The number of benzene rings is 2. The van der Waals surface area contributed by atoms with Gasteiger partial charge in [-0.15, -0.1) is 0 Å². The van der Waals surface area contributed by atoms with Gasteiger partial charge in [-0.25, -0.2) is 8.42 Å². The largest absolute Gasteiger partial charge is 0.497 e. The third-order valence-electron chi connectivity index (χ3n) is 3.16. The van der Waals surface area contributed by atoms with Crippen molar-refractivity contribution in [1.82, 2.24) is 0 Å². The average Bonchev–Trinajstić information content (AvgIpc) is 2.37. The summed E-state index contributed by atoms with van der Waals surface area (Å²) in [4.78, 5) is 0.394. The predicted molar refractivity (Wildman–Crippen MR) is 79.8 cm³/mol. The van der Waals surface area contributed by atoms with Gasteiger partial charge in [0.25, 0.3) is 0 Å². The van der Waals surface area contributed by atoms with Crippen molar-refractivity contribution in [3.63, 3.8) is 0 Å². The monoisotopic (exact) mass is 290 g/mol. The molecule has 0 heterocycles. The minimum absolute atomic E-state index is 0.0197. The van der Waals surface area contributed by atoms with E-state index in [9.17, 15) is 8.42 Å². The van der Waals surface area contributed by atoms with E-state index in [1.807, 2.05) is 26.0 Å². The van der Waals surface area contributed by atoms with Crippen LogP contribution < -0.4 is 4.74 Å². The average molecular weight is 290 g/mol. The summed E-state index contributed by atoms with van der Waals surface area (Å²) in [6.07, 6.45) is 0. The Morgan fingerprint density at radius 1 is 1.05 bits per heavy atom. The van der Waals surface area contributed by atoms with E-state index in [0.29, 0.717) is 10.6 Å². The fourth-order valence-electron chi connectivity index (χ4n) is 2.21. The van der Waals surface area contributed by atoms with Crippen molar-refractivity contribution in [1.29, 1.82) is 0 Å². The van der Waals surface area contributed by atoms with Gasteiger partial charge in [-0.2, -0.15) is 0 Å². The number of hydrogen-bond acceptors (Lipinski definition) is 3. The molecular formula is C16H18O3S. The van der Waals surface area contributed by atoms with Crippen molar-refractivity contribution in [2.45, 2.75) is 24.5 Å². The van der Waals surface area contributed by atoms with Crippen molar-refractivity contribution < 1.29 is 13.2 Å². The number of hydrogen-bond donors (Lipinski definition) is 0. The third-order valence-corrected chi connectivity index (χ3v) is 5.00. The second-order valence-electron chi connectivity index (χ2n) is 4.88. The van der Waals surface area contributed by atoms with Crippen LogP contribution in [0.4, 0.5) is 0 Å². The van der Waals surface area contributed by atoms with E-state index in [0.717, 1.165) is 16.7 Å². The number of ether oxygens (including phenoxy) is 1. The fraction of sp³-hybridized carbons (Fsp3) is 0.250. The highest BCUT2D eigenvalue weighted by atomic mass is 32.2. The molecule has 0 bridgehead atoms. The first-order valence-corrected chi connectivity index (χ1v) is 8.00. The fourth-order valence-corrected chi connectivity index (χ4v) is 3.81. The lowest BCUT2D eigenvalue weighted by atomic mass is 10.2. The molecule has 0 N–H and O–H groups in total. The predicted octanol–water partition coefficient (Wildman–Crippen LogP) is 3.29. The Balaban J connectivity index is 2.35. The van der Waals surface area contributed by atoms with Crippen molar-refractivity contribution in [3.8, 4) is 5.75 Å². The SMILES string of the molecule is COc1cccc(CS(=O)(=O)c2ccc(C)cc2C)c1. The number of methoxy groups -OCH3 is 1. The van der Waals surface area contributed by atoms with Gasteiger partial charge in [0.05, 0.1) is 17.8 Å². The van der Waals surface area contributed by atoms with Gasteiger partial charge in [0.15, 0.2) is 9.84 Å². The van der Waals surface area contributed by atoms with Crippen molar-refractivity contribution >= 4 is 9.84 Å². The number of sulfone groups is 1. The molecule has 0 aliphatic carbocycles. The molecule has 106 valence electrons. The third kappa shape index (κ3) is 3.20. The summed E-state index contributed by atoms with van der Waals surface area (Å²) in [5.41, 5.74) is 2.57. The Kier molecular flexibility index (Phi) is 4.14. The Morgan fingerprint density at radius 2 is 1.80 bits per heavy atom. The van der Waals surface area contributed by atoms with E-state index in [2.05, 4.69) is 0 Å². The summed E-state index contributed by atoms with van der Waals surface area (Å²) in [5.74, 6) is 0.645. The van der Waals surface area contributed by atoms with Crippen LogP contribution in [0.25, 0.3) is 0 Å². The molecule has 0 amide bonds. The molecule has 4 heteroatoms. The first-order chi connectivity index (χ1) is 9.42. The minimum Gasteiger partial charge on any atom is -0.497 e. The lowest BCUT2D eigenvalue weighted by Crippen LogP contribution is -2.07. The van der Waals surface area contributed by atoms with Crippen LogP contribution in [0.5, 0.6) is 5.75 Å². The summed E-state index contributed by atoms with van der Waals surface area (Å²) in [5, 5.41) is 0. The molecule has 0 fully saturated rings. The van der Waals surface area contributed by atoms with E-state index in [1.165, 1.54) is 0 Å². The first kappa shape index (κ1) is 14.6. The van der Waals surface area contributed by atoms with Gasteiger partial charge in [-0.1, -0.05) is 29.8 Å². The summed E-state index contributed by atoms with van der Waals surface area (Å²) >= 11 is 0. The highest BCUT2D eigenvalue weighted by molar-refractivity contribution is 7.90. The van der Waals surface area contributed by atoms with Crippen LogP contribution >= 0.6 is 0 Å². The summed E-state index contributed by atoms with van der Waals surface area (Å²) in [6.45, 7) is 3.77. The molecule has 2 rings (SSSR count). The zero-order valence-electron chi connectivity index (χ0n) is 11.9. The van der Waals surface area contributed by atoms with Crippen LogP contribution in [0.15, 0.2) is 47.4 Å². The molecule has 0 aliphatic rings. The Bertz CT molecular complexity index is 718. The van der Waals surface area contributed by atoms with Crippen LogP contribution in [0.1, 0.15) is 16.7 Å². The van der Waals surface area contributed by atoms with E-state index in [1.54, 1.807) is 37.4 Å². The zero-order chi connectivity index (χ0) is 14.8. The van der Waals surface area contributed by atoms with Gasteiger partial charge in [-0.3, -0.25) is 0 Å². The van der Waals surface area contributed by atoms with Crippen molar-refractivity contribution in [3.05, 3.63) is 59.2 Å². The molecule has 0 unspecified atom stereocenters. The van der Waals surface area contributed by atoms with E-state index >= 15 is 0 Å². The maximum Gasteiger partial charge on any atom is 0.182 e. The standard InChI is InChI=1S/C16H18O3S/c1-12-7-8-16(13(2)9-12)20(17,18)11-14-5-4-6-15(10-14)19-3/h4-10H,11H2,1-3H3. The highest BCUT2D eigenvalue weighted by Crippen LogP contribution is 2.22. The van der Waals surface area contributed by atoms with Crippen LogP contribution in [-0.4, -0.2) is 15.5 Å². The van der Waals surface area contributed by atoms with Gasteiger partial charge < -0.3 is 4.74 Å². The summed E-state index contributed by atoms with van der Waals surface area (Å²) in [6, 6.07) is 12.5. The molecule has 0 spiro atoms. The van der Waals surface area contributed by atoms with Crippen molar-refractivity contribution in [2.75, 3.05) is 7.11 Å². The molecule has 0 radical (unpaired) electrons. The second-order valence-corrected chi connectivity index (χ2v) is 6.84. The van der Waals surface area contributed by atoms with Crippen LogP contribution in [0.2, 0.25) is 0 Å². The zero-order valence-corrected chi connectivity index (χ0v) is 12.7. The first-order valence-electron chi connectivity index (χ1n) is 6.35. The van der Waals surface area contributed by atoms with E-state index in [4.69, 9.17) is 4.74 Å². The summed E-state index contributed by atoms with van der Waals surface area (Å²) < 4.78 is 30.1. The Hall–Kier alpha value is -1.81. The normalized spacial score (nSPS) is 11.3. The highest BCUT2D eigenvalue weighted by Gasteiger charge is 2.18. The molecule has 20 heavy (non-hydrogen) atoms. The maximum atomic E-state index is 12.5. The van der Waals surface area contributed by atoms with Gasteiger partial charge >= 0.3 is 0 Å². The van der Waals surface area contributed by atoms with Crippen LogP contribution in [0, 0.1) is 13.8 Å². The molecule has 0 saturated heterocycles. The Morgan fingerprint density at radius 3 is 2.45 bits per heavy atom. The molecular weight excluding hydrogens is 272 g/mol. The topological polar surface area (TPSA) is 43.4 Å². The molecule has 0 aliphatic heterocycles. The molecule has 0 atom stereocenters. The number of aryl methyl sites for hydroxylation is 2. The van der Waals surface area contributed by atoms with Gasteiger partial charge in [0, 0.05) is 0 Å². The molecule has 0 saturated carbocycles. The lowest BCUT2D eigenvalue weighted by molar-refractivity contribution is 0.414. The number of rotatable bonds is 4.